The van der Waals surface area contributed by atoms with E-state index in [4.69, 9.17) is 0 Å². The Hall–Kier alpha value is -0.510. The number of alkyl halides is 2. The molecule has 0 aromatic carbocycles. The highest BCUT2D eigenvalue weighted by atomic mass is 19.3. The molecule has 0 saturated carbocycles. The molecule has 0 amide bonds. The molecule has 0 saturated heterocycles. The van der Waals surface area contributed by atoms with E-state index < -0.39 is 18.3 Å². The maximum absolute atomic E-state index is 11.5. The van der Waals surface area contributed by atoms with Gasteiger partial charge in [0.15, 0.2) is 0 Å². The molecule has 48 valence electrons. The molecular formula is C4H7F2NO. The van der Waals surface area contributed by atoms with E-state index in [1.165, 1.54) is 0 Å². The van der Waals surface area contributed by atoms with E-state index in [1.807, 2.05) is 0 Å². The Kier molecular flexibility index (Phi) is 2.03. The van der Waals surface area contributed by atoms with Gasteiger partial charge in [-0.25, -0.2) is 0 Å². The van der Waals surface area contributed by atoms with Crippen LogP contribution in [0.2, 0.25) is 0 Å². The van der Waals surface area contributed by atoms with Crippen LogP contribution in [0, 0.1) is 0 Å². The molecule has 0 unspecified atom stereocenters. The van der Waals surface area contributed by atoms with E-state index in [9.17, 15) is 13.6 Å². The molecule has 0 aliphatic heterocycles. The number of hydrogen-bond acceptors (Lipinski definition) is 2. The molecule has 0 rings (SSSR count). The first-order valence-electron chi connectivity index (χ1n) is 2.08. The van der Waals surface area contributed by atoms with Gasteiger partial charge in [-0.2, -0.15) is 8.78 Å². The van der Waals surface area contributed by atoms with Crippen LogP contribution in [0.3, 0.4) is 0 Å². The standard InChI is InChI=1S/C4H7F2NO/c1-3(8)2-4(5,6)7/h2,7H2,1H3. The van der Waals surface area contributed by atoms with Gasteiger partial charge in [0, 0.05) is 0 Å². The smallest absolute Gasteiger partial charge is 0.300 e. The number of carbonyl (C=O) groups excluding carboxylic acids is 1. The van der Waals surface area contributed by atoms with Gasteiger partial charge in [-0.1, -0.05) is 0 Å². The predicted octanol–water partition coefficient (Wildman–Crippen LogP) is 0.517. The summed E-state index contributed by atoms with van der Waals surface area (Å²) in [6.45, 7) is 1.07. The third-order valence-corrected chi connectivity index (χ3v) is 0.485. The topological polar surface area (TPSA) is 43.1 Å². The van der Waals surface area contributed by atoms with Crippen LogP contribution in [0.25, 0.3) is 0 Å². The van der Waals surface area contributed by atoms with E-state index in [-0.39, 0.29) is 0 Å². The number of rotatable bonds is 2. The van der Waals surface area contributed by atoms with E-state index >= 15 is 0 Å². The molecular weight excluding hydrogens is 116 g/mol. The highest BCUT2D eigenvalue weighted by Crippen LogP contribution is 2.08. The number of ketones is 1. The van der Waals surface area contributed by atoms with Crippen LogP contribution < -0.4 is 5.73 Å². The Morgan fingerprint density at radius 1 is 1.75 bits per heavy atom. The monoisotopic (exact) mass is 123 g/mol. The van der Waals surface area contributed by atoms with Crippen LogP contribution >= 0.6 is 0 Å². The molecule has 0 aromatic heterocycles. The summed E-state index contributed by atoms with van der Waals surface area (Å²) < 4.78 is 23.1. The molecule has 0 radical (unpaired) electrons. The second-order valence-electron chi connectivity index (χ2n) is 1.64. The summed E-state index contributed by atoms with van der Waals surface area (Å²) in [5, 5.41) is 0. The molecule has 4 heteroatoms. The Morgan fingerprint density at radius 3 is 2.12 bits per heavy atom. The summed E-state index contributed by atoms with van der Waals surface area (Å²) in [5.41, 5.74) is 4.18. The molecule has 0 spiro atoms. The lowest BCUT2D eigenvalue weighted by molar-refractivity contribution is -0.123. The van der Waals surface area contributed by atoms with Crippen molar-refractivity contribution in [2.75, 3.05) is 0 Å². The summed E-state index contributed by atoms with van der Waals surface area (Å²) in [5.74, 6) is -0.600. The zero-order valence-electron chi connectivity index (χ0n) is 4.45. The van der Waals surface area contributed by atoms with Gasteiger partial charge in [-0.05, 0) is 6.92 Å². The molecule has 0 atom stereocenters. The van der Waals surface area contributed by atoms with Gasteiger partial charge in [0.25, 0.3) is 0 Å². The van der Waals surface area contributed by atoms with Crippen molar-refractivity contribution in [1.82, 2.24) is 0 Å². The maximum atomic E-state index is 11.5. The Balaban J connectivity index is 3.55. The first kappa shape index (κ1) is 7.49. The van der Waals surface area contributed by atoms with Crippen LogP contribution in [0.4, 0.5) is 8.78 Å². The zero-order chi connectivity index (χ0) is 6.78. The number of Topliss-reactive ketones (excluding diaryl/α,β-unsaturated/α-hetero) is 1. The van der Waals surface area contributed by atoms with Crippen molar-refractivity contribution >= 4 is 5.78 Å². The summed E-state index contributed by atoms with van der Waals surface area (Å²) in [4.78, 5) is 9.90. The number of halogens is 2. The van der Waals surface area contributed by atoms with Crippen molar-refractivity contribution in [3.05, 3.63) is 0 Å². The molecule has 0 heterocycles. The Labute approximate surface area is 45.7 Å². The zero-order valence-corrected chi connectivity index (χ0v) is 4.45. The third kappa shape index (κ3) is 5.49. The van der Waals surface area contributed by atoms with Crippen LogP contribution in [-0.2, 0) is 4.79 Å². The summed E-state index contributed by atoms with van der Waals surface area (Å²) in [7, 11) is 0. The first-order valence-corrected chi connectivity index (χ1v) is 2.08. The fraction of sp³-hybridized carbons (Fsp3) is 0.750. The largest absolute Gasteiger partial charge is 0.306 e. The second-order valence-corrected chi connectivity index (χ2v) is 1.64. The van der Waals surface area contributed by atoms with Gasteiger partial charge in [-0.15, -0.1) is 0 Å². The van der Waals surface area contributed by atoms with Crippen LogP contribution in [0.5, 0.6) is 0 Å². The minimum atomic E-state index is -3.33. The van der Waals surface area contributed by atoms with E-state index in [1.54, 1.807) is 0 Å². The van der Waals surface area contributed by atoms with Crippen LogP contribution in [0.1, 0.15) is 13.3 Å². The number of carbonyl (C=O) groups is 1. The quantitative estimate of drug-likeness (QED) is 0.544. The van der Waals surface area contributed by atoms with Gasteiger partial charge in [-0.3, -0.25) is 10.5 Å². The van der Waals surface area contributed by atoms with Crippen molar-refractivity contribution in [3.8, 4) is 0 Å². The van der Waals surface area contributed by atoms with Gasteiger partial charge in [0.1, 0.15) is 5.78 Å². The average molecular weight is 123 g/mol. The molecule has 2 nitrogen and oxygen atoms in total. The number of nitrogens with two attached hydrogens (primary N) is 1. The first-order chi connectivity index (χ1) is 3.42. The Bertz CT molecular complexity index is 96.7. The third-order valence-electron chi connectivity index (χ3n) is 0.485. The normalized spacial score (nSPS) is 11.5. The fourth-order valence-electron chi connectivity index (χ4n) is 0.332. The number of hydrogen-bond donors (Lipinski definition) is 1. The average Bonchev–Trinajstić information content (AvgIpc) is 1.21. The minimum absolute atomic E-state index is 0.600. The molecule has 0 aromatic rings. The fourth-order valence-corrected chi connectivity index (χ4v) is 0.332. The molecule has 2 N–H and O–H groups in total. The van der Waals surface area contributed by atoms with Crippen molar-refractivity contribution in [1.29, 1.82) is 0 Å². The lowest BCUT2D eigenvalue weighted by atomic mass is 10.3. The van der Waals surface area contributed by atoms with Crippen molar-refractivity contribution < 1.29 is 13.6 Å². The Morgan fingerprint density at radius 2 is 2.12 bits per heavy atom. The molecule has 0 fully saturated rings. The minimum Gasteiger partial charge on any atom is -0.300 e. The maximum Gasteiger partial charge on any atom is 0.306 e. The molecule has 0 aliphatic rings. The van der Waals surface area contributed by atoms with E-state index in [0.29, 0.717) is 0 Å². The second kappa shape index (κ2) is 2.17. The predicted molar refractivity (Wildman–Crippen MR) is 24.4 cm³/mol. The van der Waals surface area contributed by atoms with Crippen molar-refractivity contribution in [2.24, 2.45) is 5.73 Å². The van der Waals surface area contributed by atoms with Gasteiger partial charge < -0.3 is 0 Å². The van der Waals surface area contributed by atoms with Gasteiger partial charge in [0.2, 0.25) is 0 Å². The van der Waals surface area contributed by atoms with E-state index in [2.05, 4.69) is 5.73 Å². The molecule has 0 aliphatic carbocycles. The summed E-state index contributed by atoms with van der Waals surface area (Å²) >= 11 is 0. The van der Waals surface area contributed by atoms with E-state index in [0.717, 1.165) is 6.92 Å². The van der Waals surface area contributed by atoms with Crippen LogP contribution in [-0.4, -0.2) is 11.8 Å². The highest BCUT2D eigenvalue weighted by molar-refractivity contribution is 5.76. The van der Waals surface area contributed by atoms with Gasteiger partial charge >= 0.3 is 6.05 Å². The van der Waals surface area contributed by atoms with Gasteiger partial charge in [0.05, 0.1) is 6.42 Å². The summed E-state index contributed by atoms with van der Waals surface area (Å²) in [6, 6.07) is -3.33. The van der Waals surface area contributed by atoms with Crippen LogP contribution in [0.15, 0.2) is 0 Å². The lowest BCUT2D eigenvalue weighted by Gasteiger charge is -2.04. The van der Waals surface area contributed by atoms with Crippen molar-refractivity contribution in [3.63, 3.8) is 0 Å². The van der Waals surface area contributed by atoms with Crippen molar-refractivity contribution in [2.45, 2.75) is 19.4 Å². The SMILES string of the molecule is CC(=O)CC(N)(F)F. The lowest BCUT2D eigenvalue weighted by Crippen LogP contribution is -2.30. The molecule has 0 bridgehead atoms. The summed E-state index contributed by atoms with van der Waals surface area (Å²) in [6.07, 6.45) is -0.868. The highest BCUT2D eigenvalue weighted by Gasteiger charge is 2.23. The molecule has 8 heavy (non-hydrogen) atoms.